The molecule has 0 bridgehead atoms. The molecule has 18 heavy (non-hydrogen) atoms. The van der Waals surface area contributed by atoms with Crippen LogP contribution in [-0.2, 0) is 9.53 Å². The number of rotatable bonds is 2. The zero-order valence-corrected chi connectivity index (χ0v) is 11.3. The second-order valence-corrected chi connectivity index (χ2v) is 4.74. The Labute approximate surface area is 115 Å². The molecule has 1 unspecified atom stereocenters. The number of anilines is 1. The zero-order chi connectivity index (χ0) is 13.1. The maximum Gasteiger partial charge on any atom is 0.243 e. The summed E-state index contributed by atoms with van der Waals surface area (Å²) in [5.41, 5.74) is 1.25. The fourth-order valence-corrected chi connectivity index (χ4v) is 2.27. The number of amides is 1. The minimum atomic E-state index is -0.370. The summed E-state index contributed by atoms with van der Waals surface area (Å²) in [6.45, 7) is 3.43. The van der Waals surface area contributed by atoms with Gasteiger partial charge in [-0.3, -0.25) is 4.79 Å². The summed E-state index contributed by atoms with van der Waals surface area (Å²) in [5.74, 6) is -0.191. The molecule has 0 spiro atoms. The number of morpholine rings is 1. The van der Waals surface area contributed by atoms with Crippen molar-refractivity contribution in [3.05, 3.63) is 21.9 Å². The van der Waals surface area contributed by atoms with E-state index in [-0.39, 0.29) is 17.1 Å². The molecule has 0 aromatic carbocycles. The van der Waals surface area contributed by atoms with Crippen molar-refractivity contribution >= 4 is 34.8 Å². The van der Waals surface area contributed by atoms with Crippen molar-refractivity contribution in [3.8, 4) is 0 Å². The molecule has 1 atom stereocenters. The predicted octanol–water partition coefficient (Wildman–Crippen LogP) is 1.62. The van der Waals surface area contributed by atoms with E-state index < -0.39 is 0 Å². The van der Waals surface area contributed by atoms with E-state index in [4.69, 9.17) is 27.9 Å². The summed E-state index contributed by atoms with van der Waals surface area (Å²) in [6, 6.07) is 1.28. The summed E-state index contributed by atoms with van der Waals surface area (Å²) in [4.78, 5) is 15.9. The van der Waals surface area contributed by atoms with Gasteiger partial charge < -0.3 is 15.4 Å². The number of hydrogen-bond donors (Lipinski definition) is 2. The fourth-order valence-electron chi connectivity index (χ4n) is 1.69. The van der Waals surface area contributed by atoms with Crippen LogP contribution in [0.15, 0.2) is 6.07 Å². The van der Waals surface area contributed by atoms with Gasteiger partial charge in [-0.25, -0.2) is 4.98 Å². The van der Waals surface area contributed by atoms with Crippen molar-refractivity contribution in [2.24, 2.45) is 0 Å². The minimum Gasteiger partial charge on any atom is -0.378 e. The predicted molar refractivity (Wildman–Crippen MR) is 70.2 cm³/mol. The fraction of sp³-hybridized carbons (Fsp3) is 0.455. The molecule has 98 valence electrons. The number of pyridine rings is 1. The van der Waals surface area contributed by atoms with Crippen molar-refractivity contribution < 1.29 is 9.53 Å². The van der Waals surface area contributed by atoms with Crippen LogP contribution >= 0.6 is 23.2 Å². The molecule has 1 fully saturated rings. The van der Waals surface area contributed by atoms with Crippen molar-refractivity contribution in [2.75, 3.05) is 25.1 Å². The number of halogens is 2. The van der Waals surface area contributed by atoms with E-state index in [0.717, 1.165) is 5.56 Å². The van der Waals surface area contributed by atoms with Crippen LogP contribution in [0.1, 0.15) is 5.56 Å². The molecule has 0 radical (unpaired) electrons. The largest absolute Gasteiger partial charge is 0.378 e. The Morgan fingerprint density at radius 3 is 3.00 bits per heavy atom. The molecule has 0 aliphatic carbocycles. The number of ether oxygens (including phenoxy) is 1. The lowest BCUT2D eigenvalue weighted by Crippen LogP contribution is -2.48. The van der Waals surface area contributed by atoms with Crippen LogP contribution in [-0.4, -0.2) is 36.7 Å². The summed E-state index contributed by atoms with van der Waals surface area (Å²) >= 11 is 11.7. The van der Waals surface area contributed by atoms with Crippen LogP contribution in [0.5, 0.6) is 0 Å². The Morgan fingerprint density at radius 2 is 2.39 bits per heavy atom. The molecular weight excluding hydrogens is 277 g/mol. The SMILES string of the molecule is Cc1cc(Cl)nc(Cl)c1NC(=O)C1COCCN1. The van der Waals surface area contributed by atoms with Crippen LogP contribution in [0, 0.1) is 6.92 Å². The van der Waals surface area contributed by atoms with Crippen molar-refractivity contribution in [3.63, 3.8) is 0 Å². The Balaban J connectivity index is 2.11. The summed E-state index contributed by atoms with van der Waals surface area (Å²) in [6.07, 6.45) is 0. The first-order chi connectivity index (χ1) is 8.58. The summed E-state index contributed by atoms with van der Waals surface area (Å²) in [7, 11) is 0. The van der Waals surface area contributed by atoms with Gasteiger partial charge in [0.2, 0.25) is 5.91 Å². The molecule has 1 aliphatic rings. The molecule has 2 rings (SSSR count). The molecule has 1 aromatic rings. The van der Waals surface area contributed by atoms with Gasteiger partial charge in [-0.15, -0.1) is 0 Å². The standard InChI is InChI=1S/C11H13Cl2N3O2/c1-6-4-8(12)15-10(13)9(6)16-11(17)7-5-18-3-2-14-7/h4,7,14H,2-3,5H2,1H3,(H,16,17). The topological polar surface area (TPSA) is 63.2 Å². The lowest BCUT2D eigenvalue weighted by molar-refractivity contribution is -0.120. The number of carbonyl (C=O) groups is 1. The van der Waals surface area contributed by atoms with Gasteiger partial charge in [0.05, 0.1) is 18.9 Å². The minimum absolute atomic E-state index is 0.185. The smallest absolute Gasteiger partial charge is 0.243 e. The second-order valence-electron chi connectivity index (χ2n) is 4.00. The van der Waals surface area contributed by atoms with Gasteiger partial charge in [0.15, 0.2) is 5.15 Å². The van der Waals surface area contributed by atoms with Gasteiger partial charge >= 0.3 is 0 Å². The maximum absolute atomic E-state index is 12.0. The average Bonchev–Trinajstić information content (AvgIpc) is 2.34. The van der Waals surface area contributed by atoms with Gasteiger partial charge in [0.25, 0.3) is 0 Å². The third-order valence-electron chi connectivity index (χ3n) is 2.63. The number of nitrogens with zero attached hydrogens (tertiary/aromatic N) is 1. The highest BCUT2D eigenvalue weighted by molar-refractivity contribution is 6.34. The lowest BCUT2D eigenvalue weighted by Gasteiger charge is -2.23. The molecule has 5 nitrogen and oxygen atoms in total. The first kappa shape index (κ1) is 13.5. The molecule has 2 N–H and O–H groups in total. The monoisotopic (exact) mass is 289 g/mol. The third-order valence-corrected chi connectivity index (χ3v) is 3.09. The van der Waals surface area contributed by atoms with Gasteiger partial charge in [-0.1, -0.05) is 23.2 Å². The van der Waals surface area contributed by atoms with Crippen LogP contribution in [0.2, 0.25) is 10.3 Å². The first-order valence-corrected chi connectivity index (χ1v) is 6.28. The van der Waals surface area contributed by atoms with Crippen molar-refractivity contribution in [1.82, 2.24) is 10.3 Å². The molecule has 1 saturated heterocycles. The Hall–Kier alpha value is -0.880. The molecule has 2 heterocycles. The van der Waals surface area contributed by atoms with E-state index >= 15 is 0 Å². The van der Waals surface area contributed by atoms with E-state index in [2.05, 4.69) is 15.6 Å². The highest BCUT2D eigenvalue weighted by Crippen LogP contribution is 2.26. The molecule has 1 aliphatic heterocycles. The van der Waals surface area contributed by atoms with Crippen molar-refractivity contribution in [2.45, 2.75) is 13.0 Å². The van der Waals surface area contributed by atoms with Gasteiger partial charge in [-0.05, 0) is 18.6 Å². The highest BCUT2D eigenvalue weighted by atomic mass is 35.5. The van der Waals surface area contributed by atoms with E-state index in [0.29, 0.717) is 30.6 Å². The zero-order valence-electron chi connectivity index (χ0n) is 9.80. The van der Waals surface area contributed by atoms with Crippen LogP contribution in [0.4, 0.5) is 5.69 Å². The normalized spacial score (nSPS) is 19.6. The van der Waals surface area contributed by atoms with E-state index in [1.54, 1.807) is 13.0 Å². The summed E-state index contributed by atoms with van der Waals surface area (Å²) in [5, 5.41) is 6.29. The van der Waals surface area contributed by atoms with Crippen LogP contribution in [0.3, 0.4) is 0 Å². The van der Waals surface area contributed by atoms with E-state index in [9.17, 15) is 4.79 Å². The molecule has 1 amide bonds. The number of nitrogens with one attached hydrogen (secondary N) is 2. The Bertz CT molecular complexity index is 439. The lowest BCUT2D eigenvalue weighted by atomic mass is 10.2. The highest BCUT2D eigenvalue weighted by Gasteiger charge is 2.22. The van der Waals surface area contributed by atoms with Crippen LogP contribution < -0.4 is 10.6 Å². The molecule has 0 saturated carbocycles. The Morgan fingerprint density at radius 1 is 1.61 bits per heavy atom. The third kappa shape index (κ3) is 3.11. The number of carbonyl (C=O) groups excluding carboxylic acids is 1. The average molecular weight is 290 g/mol. The quantitative estimate of drug-likeness (QED) is 0.813. The van der Waals surface area contributed by atoms with Gasteiger partial charge in [0.1, 0.15) is 11.2 Å². The molecular formula is C11H13Cl2N3O2. The van der Waals surface area contributed by atoms with E-state index in [1.165, 1.54) is 0 Å². The molecule has 1 aromatic heterocycles. The summed E-state index contributed by atoms with van der Waals surface area (Å²) < 4.78 is 5.23. The number of hydrogen-bond acceptors (Lipinski definition) is 4. The van der Waals surface area contributed by atoms with E-state index in [1.807, 2.05) is 0 Å². The first-order valence-electron chi connectivity index (χ1n) is 5.52. The Kier molecular flexibility index (Phi) is 4.40. The number of aromatic nitrogens is 1. The number of aryl methyl sites for hydroxylation is 1. The van der Waals surface area contributed by atoms with Crippen molar-refractivity contribution in [1.29, 1.82) is 0 Å². The maximum atomic E-state index is 12.0. The van der Waals surface area contributed by atoms with Crippen LogP contribution in [0.25, 0.3) is 0 Å². The van der Waals surface area contributed by atoms with Gasteiger partial charge in [-0.2, -0.15) is 0 Å². The molecule has 7 heteroatoms. The van der Waals surface area contributed by atoms with Gasteiger partial charge in [0, 0.05) is 6.54 Å². The second kappa shape index (κ2) is 5.84.